The predicted molar refractivity (Wildman–Crippen MR) is 77.3 cm³/mol. The van der Waals surface area contributed by atoms with Crippen LogP contribution in [0.1, 0.15) is 24.2 Å². The van der Waals surface area contributed by atoms with Gasteiger partial charge in [-0.05, 0) is 39.5 Å². The molecule has 0 aromatic carbocycles. The molecule has 0 aliphatic rings. The molecule has 0 spiro atoms. The Bertz CT molecular complexity index is 523. The number of aromatic nitrogens is 2. The summed E-state index contributed by atoms with van der Waals surface area (Å²) in [5.41, 5.74) is 2.26. The molecule has 0 aliphatic carbocycles. The molecule has 1 N–H and O–H groups in total. The Balaban J connectivity index is 2.43. The quantitative estimate of drug-likeness (QED) is 0.916. The maximum Gasteiger partial charge on any atom is 0.161 e. The van der Waals surface area contributed by atoms with Crippen LogP contribution < -0.4 is 10.1 Å². The normalized spacial score (nSPS) is 12.7. The number of hydrogen-bond donors (Lipinski definition) is 1. The lowest BCUT2D eigenvalue weighted by Gasteiger charge is -2.18. The van der Waals surface area contributed by atoms with Gasteiger partial charge in [-0.1, -0.05) is 6.92 Å². The maximum absolute atomic E-state index is 5.39. The summed E-state index contributed by atoms with van der Waals surface area (Å²) in [5.74, 6) is 0.811. The summed E-state index contributed by atoms with van der Waals surface area (Å²) in [6.45, 7) is 2.98. The van der Waals surface area contributed by atoms with Crippen molar-refractivity contribution in [2.24, 2.45) is 7.05 Å². The Morgan fingerprint density at radius 3 is 2.94 bits per heavy atom. The number of halogens is 1. The van der Waals surface area contributed by atoms with Crippen molar-refractivity contribution in [1.29, 1.82) is 0 Å². The maximum atomic E-state index is 5.39. The molecule has 4 nitrogen and oxygen atoms in total. The number of aryl methyl sites for hydroxylation is 1. The van der Waals surface area contributed by atoms with Crippen LogP contribution >= 0.6 is 27.3 Å². The van der Waals surface area contributed by atoms with Crippen LogP contribution in [0.3, 0.4) is 0 Å². The van der Waals surface area contributed by atoms with Crippen LogP contribution in [0.5, 0.6) is 5.75 Å². The Labute approximate surface area is 119 Å². The zero-order valence-electron chi connectivity index (χ0n) is 10.6. The Morgan fingerprint density at radius 2 is 2.39 bits per heavy atom. The zero-order valence-corrected chi connectivity index (χ0v) is 13.0. The van der Waals surface area contributed by atoms with Crippen LogP contribution in [0, 0.1) is 0 Å². The van der Waals surface area contributed by atoms with Crippen LogP contribution in [-0.2, 0) is 7.05 Å². The summed E-state index contributed by atoms with van der Waals surface area (Å²) < 4.78 is 8.38. The van der Waals surface area contributed by atoms with Gasteiger partial charge >= 0.3 is 0 Å². The van der Waals surface area contributed by atoms with Gasteiger partial charge in [-0.25, -0.2) is 0 Å². The summed E-state index contributed by atoms with van der Waals surface area (Å²) in [6, 6.07) is 2.23. The number of nitrogens with zero attached hydrogens (tertiary/aromatic N) is 2. The highest BCUT2D eigenvalue weighted by atomic mass is 79.9. The van der Waals surface area contributed by atoms with Crippen LogP contribution in [0.25, 0.3) is 0 Å². The van der Waals surface area contributed by atoms with E-state index in [2.05, 4.69) is 44.7 Å². The second kappa shape index (κ2) is 5.86. The molecule has 2 aromatic heterocycles. The molecule has 0 amide bonds. The van der Waals surface area contributed by atoms with Crippen molar-refractivity contribution >= 4 is 27.3 Å². The van der Waals surface area contributed by atoms with E-state index in [0.717, 1.165) is 21.8 Å². The molecular weight excluding hydrogens is 314 g/mol. The van der Waals surface area contributed by atoms with Crippen LogP contribution in [0.4, 0.5) is 0 Å². The first-order valence-electron chi connectivity index (χ1n) is 5.70. The first-order chi connectivity index (χ1) is 8.67. The van der Waals surface area contributed by atoms with Crippen LogP contribution in [-0.4, -0.2) is 23.4 Å². The van der Waals surface area contributed by atoms with Gasteiger partial charge in [0.05, 0.1) is 23.1 Å². The minimum Gasteiger partial charge on any atom is -0.493 e. The lowest BCUT2D eigenvalue weighted by molar-refractivity contribution is 0.401. The van der Waals surface area contributed by atoms with E-state index in [-0.39, 0.29) is 6.04 Å². The molecule has 18 heavy (non-hydrogen) atoms. The van der Waals surface area contributed by atoms with Crippen LogP contribution in [0.2, 0.25) is 0 Å². The first-order valence-corrected chi connectivity index (χ1v) is 7.37. The number of ether oxygens (including phenoxy) is 1. The Kier molecular flexibility index (Phi) is 4.42. The number of hydrogen-bond acceptors (Lipinski definition) is 4. The van der Waals surface area contributed by atoms with Gasteiger partial charge in [0, 0.05) is 7.05 Å². The van der Waals surface area contributed by atoms with Gasteiger partial charge in [0.2, 0.25) is 0 Å². The van der Waals surface area contributed by atoms with Gasteiger partial charge < -0.3 is 10.1 Å². The third-order valence-corrected chi connectivity index (χ3v) is 4.29. The van der Waals surface area contributed by atoms with E-state index in [9.17, 15) is 0 Å². The molecule has 6 heteroatoms. The average molecular weight is 330 g/mol. The Morgan fingerprint density at radius 1 is 1.61 bits per heavy atom. The van der Waals surface area contributed by atoms with E-state index in [1.165, 1.54) is 5.56 Å². The smallest absolute Gasteiger partial charge is 0.161 e. The number of methoxy groups -OCH3 is 1. The molecule has 2 rings (SSSR count). The molecule has 98 valence electrons. The van der Waals surface area contributed by atoms with Gasteiger partial charge in [0.25, 0.3) is 0 Å². The molecule has 0 fully saturated rings. The minimum absolute atomic E-state index is 0.0972. The molecule has 0 saturated heterocycles. The summed E-state index contributed by atoms with van der Waals surface area (Å²) in [4.78, 5) is 0. The lowest BCUT2D eigenvalue weighted by Crippen LogP contribution is -2.24. The van der Waals surface area contributed by atoms with E-state index >= 15 is 0 Å². The molecule has 1 atom stereocenters. The van der Waals surface area contributed by atoms with Crippen LogP contribution in [0.15, 0.2) is 21.4 Å². The molecule has 0 saturated carbocycles. The fraction of sp³-hybridized carbons (Fsp3) is 0.417. The summed E-state index contributed by atoms with van der Waals surface area (Å²) in [6.07, 6.45) is 1.75. The lowest BCUT2D eigenvalue weighted by atomic mass is 10.1. The van der Waals surface area contributed by atoms with E-state index in [1.54, 1.807) is 24.6 Å². The largest absolute Gasteiger partial charge is 0.493 e. The fourth-order valence-corrected chi connectivity index (χ4v) is 3.17. The standard InChI is InChI=1S/C12H16BrN3OS/c1-4-14-11(8-5-10(13)18-7-8)12-9(17-3)6-15-16(12)2/h5-7,11,14H,4H2,1-3H3. The van der Waals surface area contributed by atoms with E-state index in [0.29, 0.717) is 0 Å². The van der Waals surface area contributed by atoms with Crippen molar-refractivity contribution in [1.82, 2.24) is 15.1 Å². The third-order valence-electron chi connectivity index (χ3n) is 2.77. The molecule has 2 heterocycles. The topological polar surface area (TPSA) is 39.1 Å². The van der Waals surface area contributed by atoms with Gasteiger partial charge in [-0.15, -0.1) is 11.3 Å². The van der Waals surface area contributed by atoms with Crippen molar-refractivity contribution < 1.29 is 4.74 Å². The Hall–Kier alpha value is -0.850. The second-order valence-electron chi connectivity index (χ2n) is 3.90. The molecule has 2 aromatic rings. The van der Waals surface area contributed by atoms with Gasteiger partial charge in [0.1, 0.15) is 5.69 Å². The van der Waals surface area contributed by atoms with E-state index < -0.39 is 0 Å². The molecule has 0 radical (unpaired) electrons. The summed E-state index contributed by atoms with van der Waals surface area (Å²) in [5, 5.41) is 9.88. The van der Waals surface area contributed by atoms with Gasteiger partial charge in [0.15, 0.2) is 5.75 Å². The predicted octanol–water partition coefficient (Wildman–Crippen LogP) is 2.95. The fourth-order valence-electron chi connectivity index (χ4n) is 1.96. The third kappa shape index (κ3) is 2.60. The number of thiophene rings is 1. The summed E-state index contributed by atoms with van der Waals surface area (Å²) in [7, 11) is 3.61. The monoisotopic (exact) mass is 329 g/mol. The van der Waals surface area contributed by atoms with Gasteiger partial charge in [-0.2, -0.15) is 5.10 Å². The van der Waals surface area contributed by atoms with E-state index in [1.807, 2.05) is 11.7 Å². The SMILES string of the molecule is CCNC(c1csc(Br)c1)c1c(OC)cnn1C. The molecule has 0 aliphatic heterocycles. The molecule has 1 unspecified atom stereocenters. The summed E-state index contributed by atoms with van der Waals surface area (Å²) >= 11 is 5.19. The molecular formula is C12H16BrN3OS. The van der Waals surface area contributed by atoms with Crippen molar-refractivity contribution in [3.8, 4) is 5.75 Å². The van der Waals surface area contributed by atoms with E-state index in [4.69, 9.17) is 4.74 Å². The average Bonchev–Trinajstić information content (AvgIpc) is 2.93. The van der Waals surface area contributed by atoms with Crippen molar-refractivity contribution in [3.63, 3.8) is 0 Å². The number of nitrogens with one attached hydrogen (secondary N) is 1. The number of rotatable bonds is 5. The van der Waals surface area contributed by atoms with Crippen molar-refractivity contribution in [3.05, 3.63) is 32.7 Å². The first kappa shape index (κ1) is 13.6. The molecule has 0 bridgehead atoms. The van der Waals surface area contributed by atoms with Gasteiger partial charge in [-0.3, -0.25) is 4.68 Å². The minimum atomic E-state index is 0.0972. The highest BCUT2D eigenvalue weighted by Crippen LogP contribution is 2.33. The highest BCUT2D eigenvalue weighted by Gasteiger charge is 2.22. The van der Waals surface area contributed by atoms with Crippen molar-refractivity contribution in [2.45, 2.75) is 13.0 Å². The van der Waals surface area contributed by atoms with Crippen molar-refractivity contribution in [2.75, 3.05) is 13.7 Å². The second-order valence-corrected chi connectivity index (χ2v) is 6.19. The highest BCUT2D eigenvalue weighted by molar-refractivity contribution is 9.11. The zero-order chi connectivity index (χ0) is 13.1.